The lowest BCUT2D eigenvalue weighted by atomic mass is 10.0. The van der Waals surface area contributed by atoms with Gasteiger partial charge in [0.1, 0.15) is 5.57 Å². The first-order valence-corrected chi connectivity index (χ1v) is 11.6. The average molecular weight is 482 g/mol. The highest BCUT2D eigenvalue weighted by Gasteiger charge is 2.40. The van der Waals surface area contributed by atoms with Crippen LogP contribution in [0.4, 0.5) is 4.79 Å². The van der Waals surface area contributed by atoms with Crippen LogP contribution in [0.3, 0.4) is 0 Å². The molecule has 3 aromatic rings. The van der Waals surface area contributed by atoms with Crippen molar-refractivity contribution in [2.45, 2.75) is 38.3 Å². The topological polar surface area (TPSA) is 71.4 Å². The third-order valence-corrected chi connectivity index (χ3v) is 6.88. The molecule has 8 heteroatoms. The molecule has 0 radical (unpaired) electrons. The Bertz CT molecular complexity index is 1320. The third kappa shape index (κ3) is 4.05. The Labute approximate surface area is 200 Å². The van der Waals surface area contributed by atoms with E-state index in [1.165, 1.54) is 4.90 Å². The predicted octanol–water partition coefficient (Wildman–Crippen LogP) is 5.40. The highest BCUT2D eigenvalue weighted by Crippen LogP contribution is 2.30. The summed E-state index contributed by atoms with van der Waals surface area (Å²) in [6, 6.07) is 12.3. The maximum absolute atomic E-state index is 13.2. The molecule has 1 N–H and O–H groups in total. The van der Waals surface area contributed by atoms with Crippen molar-refractivity contribution >= 4 is 58.0 Å². The largest absolute Gasteiger partial charge is 0.342 e. The summed E-state index contributed by atoms with van der Waals surface area (Å²) in [5.74, 6) is -1.20. The molecule has 1 saturated carbocycles. The number of para-hydroxylation sites is 1. The minimum absolute atomic E-state index is 0.0334. The monoisotopic (exact) mass is 481 g/mol. The van der Waals surface area contributed by atoms with E-state index in [-0.39, 0.29) is 11.6 Å². The van der Waals surface area contributed by atoms with Crippen molar-refractivity contribution in [1.29, 1.82) is 0 Å². The summed E-state index contributed by atoms with van der Waals surface area (Å²) in [5.41, 5.74) is 2.51. The van der Waals surface area contributed by atoms with Gasteiger partial charge in [-0.3, -0.25) is 19.8 Å². The Morgan fingerprint density at radius 2 is 1.79 bits per heavy atom. The zero-order valence-electron chi connectivity index (χ0n) is 17.7. The maximum atomic E-state index is 13.2. The summed E-state index contributed by atoms with van der Waals surface area (Å²) in [6.45, 7) is 0.493. The second-order valence-electron chi connectivity index (χ2n) is 8.40. The van der Waals surface area contributed by atoms with Gasteiger partial charge in [-0.2, -0.15) is 0 Å². The fourth-order valence-electron chi connectivity index (χ4n) is 4.68. The molecule has 0 atom stereocenters. The van der Waals surface area contributed by atoms with E-state index in [2.05, 4.69) is 5.32 Å². The van der Waals surface area contributed by atoms with Crippen LogP contribution < -0.4 is 5.32 Å². The molecule has 2 heterocycles. The van der Waals surface area contributed by atoms with E-state index in [1.807, 2.05) is 41.1 Å². The first-order valence-electron chi connectivity index (χ1n) is 10.8. The highest BCUT2D eigenvalue weighted by atomic mass is 35.5. The fourth-order valence-corrected chi connectivity index (χ4v) is 5.14. The third-order valence-electron chi connectivity index (χ3n) is 6.30. The van der Waals surface area contributed by atoms with Crippen molar-refractivity contribution in [1.82, 2.24) is 14.8 Å². The van der Waals surface area contributed by atoms with Crippen molar-refractivity contribution in [2.75, 3.05) is 0 Å². The lowest BCUT2D eigenvalue weighted by Gasteiger charge is -2.31. The van der Waals surface area contributed by atoms with E-state index in [9.17, 15) is 14.4 Å². The number of nitrogens with one attached hydrogen (secondary N) is 1. The number of hydrogen-bond donors (Lipinski definition) is 1. The molecule has 4 amide bonds. The molecule has 1 saturated heterocycles. The van der Waals surface area contributed by atoms with Gasteiger partial charge in [0.15, 0.2) is 0 Å². The number of nitrogens with zero attached hydrogens (tertiary/aromatic N) is 2. The lowest BCUT2D eigenvalue weighted by Crippen LogP contribution is -2.57. The number of imide groups is 2. The number of benzene rings is 2. The Hall–Kier alpha value is -3.09. The van der Waals surface area contributed by atoms with E-state index in [0.717, 1.165) is 47.7 Å². The van der Waals surface area contributed by atoms with Crippen LogP contribution in [0.25, 0.3) is 17.0 Å². The van der Waals surface area contributed by atoms with Crippen molar-refractivity contribution in [3.8, 4) is 0 Å². The molecule has 1 aliphatic carbocycles. The van der Waals surface area contributed by atoms with Crippen molar-refractivity contribution in [3.05, 3.63) is 75.4 Å². The van der Waals surface area contributed by atoms with Gasteiger partial charge in [-0.25, -0.2) is 4.79 Å². The first kappa shape index (κ1) is 21.7. The smallest absolute Gasteiger partial charge is 0.331 e. The van der Waals surface area contributed by atoms with Crippen LogP contribution >= 0.6 is 23.2 Å². The summed E-state index contributed by atoms with van der Waals surface area (Å²) < 4.78 is 2.02. The number of barbiturate groups is 1. The number of rotatable bonds is 4. The van der Waals surface area contributed by atoms with Gasteiger partial charge >= 0.3 is 6.03 Å². The second-order valence-corrected chi connectivity index (χ2v) is 9.24. The molecule has 1 aliphatic heterocycles. The SMILES string of the molecule is O=C1NC(=O)N(C2CCCC2)C(=O)/C1=C\c1cn(Cc2ccc(Cl)cc2Cl)c2ccccc12. The van der Waals surface area contributed by atoms with Crippen molar-refractivity contribution in [2.24, 2.45) is 0 Å². The van der Waals surface area contributed by atoms with Crippen LogP contribution in [-0.4, -0.2) is 33.4 Å². The van der Waals surface area contributed by atoms with Crippen LogP contribution in [0.2, 0.25) is 10.0 Å². The minimum atomic E-state index is -0.670. The highest BCUT2D eigenvalue weighted by molar-refractivity contribution is 6.35. The maximum Gasteiger partial charge on any atom is 0.331 e. The molecule has 2 aromatic carbocycles. The van der Waals surface area contributed by atoms with Gasteiger partial charge in [-0.1, -0.05) is 60.3 Å². The van der Waals surface area contributed by atoms with Gasteiger partial charge in [0.25, 0.3) is 11.8 Å². The summed E-state index contributed by atoms with van der Waals surface area (Å²) in [5, 5.41) is 4.35. The Morgan fingerprint density at radius 1 is 1.03 bits per heavy atom. The normalized spacial score (nSPS) is 18.5. The molecule has 1 aromatic heterocycles. The summed E-state index contributed by atoms with van der Waals surface area (Å²) in [7, 11) is 0. The number of carbonyl (C=O) groups is 3. The van der Waals surface area contributed by atoms with Gasteiger partial charge in [-0.05, 0) is 42.7 Å². The van der Waals surface area contributed by atoms with Crippen LogP contribution in [0, 0.1) is 0 Å². The zero-order chi connectivity index (χ0) is 23.1. The van der Waals surface area contributed by atoms with Crippen LogP contribution in [-0.2, 0) is 16.1 Å². The molecule has 5 rings (SSSR count). The number of halogens is 2. The molecule has 6 nitrogen and oxygen atoms in total. The number of carbonyl (C=O) groups excluding carboxylic acids is 3. The van der Waals surface area contributed by atoms with Crippen molar-refractivity contribution < 1.29 is 14.4 Å². The quantitative estimate of drug-likeness (QED) is 0.400. The van der Waals surface area contributed by atoms with Crippen LogP contribution in [0.1, 0.15) is 36.8 Å². The molecule has 0 unspecified atom stereocenters. The Morgan fingerprint density at radius 3 is 2.55 bits per heavy atom. The average Bonchev–Trinajstić information content (AvgIpc) is 3.42. The number of hydrogen-bond acceptors (Lipinski definition) is 3. The number of aromatic nitrogens is 1. The van der Waals surface area contributed by atoms with E-state index in [1.54, 1.807) is 18.2 Å². The Kier molecular flexibility index (Phi) is 5.72. The molecule has 0 bridgehead atoms. The molecule has 33 heavy (non-hydrogen) atoms. The molecule has 168 valence electrons. The van der Waals surface area contributed by atoms with Gasteiger partial charge in [-0.15, -0.1) is 0 Å². The fraction of sp³-hybridized carbons (Fsp3) is 0.240. The summed E-state index contributed by atoms with van der Waals surface area (Å²) >= 11 is 12.4. The lowest BCUT2D eigenvalue weighted by molar-refractivity contribution is -0.131. The first-order chi connectivity index (χ1) is 15.9. The van der Waals surface area contributed by atoms with Crippen LogP contribution in [0.15, 0.2) is 54.2 Å². The number of fused-ring (bicyclic) bond motifs is 1. The zero-order valence-corrected chi connectivity index (χ0v) is 19.2. The molecule has 0 spiro atoms. The minimum Gasteiger partial charge on any atom is -0.342 e. The second kappa shape index (κ2) is 8.69. The van der Waals surface area contributed by atoms with E-state index in [4.69, 9.17) is 23.2 Å². The number of urea groups is 1. The molecular formula is C25H21Cl2N3O3. The van der Waals surface area contributed by atoms with E-state index < -0.39 is 17.8 Å². The summed E-state index contributed by atoms with van der Waals surface area (Å²) in [6.07, 6.45) is 6.93. The van der Waals surface area contributed by atoms with Gasteiger partial charge in [0.05, 0.1) is 0 Å². The number of amides is 4. The Balaban J connectivity index is 1.55. The van der Waals surface area contributed by atoms with Gasteiger partial charge < -0.3 is 4.57 Å². The summed E-state index contributed by atoms with van der Waals surface area (Å²) in [4.78, 5) is 39.4. The van der Waals surface area contributed by atoms with Crippen molar-refractivity contribution in [3.63, 3.8) is 0 Å². The molecular weight excluding hydrogens is 461 g/mol. The van der Waals surface area contributed by atoms with Gasteiger partial charge in [0.2, 0.25) is 0 Å². The molecule has 2 fully saturated rings. The predicted molar refractivity (Wildman–Crippen MR) is 128 cm³/mol. The molecule has 2 aliphatic rings. The van der Waals surface area contributed by atoms with E-state index in [0.29, 0.717) is 16.6 Å². The van der Waals surface area contributed by atoms with Gasteiger partial charge in [0, 0.05) is 45.3 Å². The van der Waals surface area contributed by atoms with Crippen LogP contribution in [0.5, 0.6) is 0 Å². The standard InChI is InChI=1S/C25H21Cl2N3O3/c26-17-10-9-15(21(27)12-17)13-29-14-16(19-7-3-4-8-22(19)29)11-20-23(31)28-25(33)30(24(20)32)18-5-1-2-6-18/h3-4,7-12,14,18H,1-2,5-6,13H2,(H,28,31,33)/b20-11-. The van der Waals surface area contributed by atoms with E-state index >= 15 is 0 Å².